The summed E-state index contributed by atoms with van der Waals surface area (Å²) < 4.78 is 38.4. The molecule has 3 aromatic rings. The molecule has 1 N–H and O–H groups in total. The Morgan fingerprint density at radius 2 is 2.04 bits per heavy atom. The number of hydrogen-bond acceptors (Lipinski definition) is 5. The van der Waals surface area contributed by atoms with Crippen LogP contribution in [0.3, 0.4) is 0 Å². The molecule has 1 amide bonds. The number of tetrazole rings is 1. The van der Waals surface area contributed by atoms with Crippen LogP contribution in [-0.2, 0) is 17.5 Å². The highest BCUT2D eigenvalue weighted by atomic mass is 35.5. The summed E-state index contributed by atoms with van der Waals surface area (Å²) in [5, 5.41) is 23.2. The first-order valence-electron chi connectivity index (χ1n) is 7.71. The third-order valence-corrected chi connectivity index (χ3v) is 3.80. The summed E-state index contributed by atoms with van der Waals surface area (Å²) in [6, 6.07) is 10.8. The van der Waals surface area contributed by atoms with E-state index in [0.29, 0.717) is 5.02 Å². The molecule has 11 heteroatoms. The molecule has 28 heavy (non-hydrogen) atoms. The average Bonchev–Trinajstić information content (AvgIpc) is 3.09. The summed E-state index contributed by atoms with van der Waals surface area (Å²) in [6.07, 6.45) is -4.50. The maximum atomic E-state index is 12.8. The smallest absolute Gasteiger partial charge is 0.323 e. The highest BCUT2D eigenvalue weighted by molar-refractivity contribution is 6.31. The number of halogens is 4. The fourth-order valence-electron chi connectivity index (χ4n) is 2.30. The lowest BCUT2D eigenvalue weighted by molar-refractivity contribution is -0.137. The fraction of sp³-hybridized carbons (Fsp3) is 0.118. The summed E-state index contributed by atoms with van der Waals surface area (Å²) in [5.74, 6) is -0.619. The summed E-state index contributed by atoms with van der Waals surface area (Å²) in [5.41, 5.74) is -0.292. The summed E-state index contributed by atoms with van der Waals surface area (Å²) in [6.45, 7) is -0.358. The van der Waals surface area contributed by atoms with Crippen molar-refractivity contribution < 1.29 is 18.0 Å². The van der Waals surface area contributed by atoms with Gasteiger partial charge in [-0.25, -0.2) is 0 Å². The predicted molar refractivity (Wildman–Crippen MR) is 93.1 cm³/mol. The van der Waals surface area contributed by atoms with Crippen molar-refractivity contribution in [2.75, 3.05) is 5.32 Å². The Balaban J connectivity index is 1.74. The monoisotopic (exact) mass is 406 g/mol. The van der Waals surface area contributed by atoms with Crippen LogP contribution in [0.1, 0.15) is 11.1 Å². The van der Waals surface area contributed by atoms with Gasteiger partial charge in [-0.05, 0) is 35.5 Å². The largest absolute Gasteiger partial charge is 0.416 e. The molecule has 0 aliphatic carbocycles. The number of nitrogens with zero attached hydrogens (tertiary/aromatic N) is 5. The molecule has 0 fully saturated rings. The van der Waals surface area contributed by atoms with Crippen LogP contribution in [0.25, 0.3) is 11.4 Å². The van der Waals surface area contributed by atoms with Gasteiger partial charge in [-0.2, -0.15) is 23.2 Å². The van der Waals surface area contributed by atoms with Crippen LogP contribution in [-0.4, -0.2) is 26.1 Å². The van der Waals surface area contributed by atoms with Crippen LogP contribution < -0.4 is 5.32 Å². The van der Waals surface area contributed by atoms with Crippen molar-refractivity contribution in [1.82, 2.24) is 20.2 Å². The van der Waals surface area contributed by atoms with E-state index in [9.17, 15) is 18.0 Å². The normalized spacial score (nSPS) is 11.1. The van der Waals surface area contributed by atoms with E-state index in [-0.39, 0.29) is 29.2 Å². The van der Waals surface area contributed by atoms with Gasteiger partial charge >= 0.3 is 6.18 Å². The average molecular weight is 407 g/mol. The van der Waals surface area contributed by atoms with Gasteiger partial charge in [0.15, 0.2) is 0 Å². The topological polar surface area (TPSA) is 96.5 Å². The van der Waals surface area contributed by atoms with Crippen molar-refractivity contribution in [3.8, 4) is 17.5 Å². The lowest BCUT2D eigenvalue weighted by Crippen LogP contribution is -2.21. The first kappa shape index (κ1) is 19.3. The number of carbonyl (C=O) groups excluding carboxylic acids is 1. The molecule has 0 saturated carbocycles. The summed E-state index contributed by atoms with van der Waals surface area (Å²) in [7, 11) is 0. The molecule has 1 heterocycles. The number of benzene rings is 2. The zero-order chi connectivity index (χ0) is 20.3. The van der Waals surface area contributed by atoms with Gasteiger partial charge < -0.3 is 5.32 Å². The minimum atomic E-state index is -4.50. The van der Waals surface area contributed by atoms with Crippen LogP contribution in [0.5, 0.6) is 0 Å². The number of amides is 1. The summed E-state index contributed by atoms with van der Waals surface area (Å²) in [4.78, 5) is 13.1. The van der Waals surface area contributed by atoms with Crippen LogP contribution in [0, 0.1) is 11.3 Å². The number of hydrogen-bond donors (Lipinski definition) is 1. The number of rotatable bonds is 4. The van der Waals surface area contributed by atoms with Crippen molar-refractivity contribution in [3.63, 3.8) is 0 Å². The molecule has 0 bridgehead atoms. The Morgan fingerprint density at radius 3 is 2.75 bits per heavy atom. The highest BCUT2D eigenvalue weighted by Crippen LogP contribution is 2.31. The van der Waals surface area contributed by atoms with Gasteiger partial charge in [0, 0.05) is 10.6 Å². The first-order chi connectivity index (χ1) is 13.3. The molecule has 7 nitrogen and oxygen atoms in total. The van der Waals surface area contributed by atoms with Gasteiger partial charge in [-0.15, -0.1) is 10.2 Å². The minimum absolute atomic E-state index is 0.0561. The Hall–Kier alpha value is -3.45. The lowest BCUT2D eigenvalue weighted by atomic mass is 10.1. The van der Waals surface area contributed by atoms with Crippen molar-refractivity contribution in [2.45, 2.75) is 12.7 Å². The van der Waals surface area contributed by atoms with Crippen LogP contribution in [0.2, 0.25) is 5.02 Å². The van der Waals surface area contributed by atoms with Gasteiger partial charge in [-0.3, -0.25) is 4.79 Å². The van der Waals surface area contributed by atoms with Crippen molar-refractivity contribution in [3.05, 3.63) is 58.6 Å². The SMILES string of the molecule is N#Cc1ccc(Cl)cc1NC(=O)Cn1nnc(-c2cccc(C(F)(F)F)c2)n1. The maximum absolute atomic E-state index is 12.8. The Bertz CT molecular complexity index is 1070. The first-order valence-corrected chi connectivity index (χ1v) is 8.09. The second kappa shape index (κ2) is 7.66. The molecule has 3 rings (SSSR count). The van der Waals surface area contributed by atoms with E-state index in [1.165, 1.54) is 30.3 Å². The lowest BCUT2D eigenvalue weighted by Gasteiger charge is -2.07. The van der Waals surface area contributed by atoms with Gasteiger partial charge in [0.2, 0.25) is 11.7 Å². The summed E-state index contributed by atoms with van der Waals surface area (Å²) >= 11 is 5.85. The molecule has 0 unspecified atom stereocenters. The fourth-order valence-corrected chi connectivity index (χ4v) is 2.47. The van der Waals surface area contributed by atoms with Crippen molar-refractivity contribution in [2.24, 2.45) is 0 Å². The standard InChI is InChI=1S/C17H10ClF3N6O/c18-13-5-4-11(8-22)14(7-13)23-15(28)9-27-25-16(24-26-27)10-2-1-3-12(6-10)17(19,20)21/h1-7H,9H2,(H,23,28). The van der Waals surface area contributed by atoms with Gasteiger partial charge in [0.05, 0.1) is 16.8 Å². The molecule has 0 aliphatic heterocycles. The number of carbonyl (C=O) groups is 1. The van der Waals surface area contributed by atoms with E-state index in [2.05, 4.69) is 20.7 Å². The second-order valence-corrected chi connectivity index (χ2v) is 6.01. The molecule has 2 aromatic carbocycles. The third-order valence-electron chi connectivity index (χ3n) is 3.56. The van der Waals surface area contributed by atoms with E-state index in [1.807, 2.05) is 6.07 Å². The molecule has 142 valence electrons. The number of anilines is 1. The number of alkyl halides is 3. The maximum Gasteiger partial charge on any atom is 0.416 e. The van der Waals surface area contributed by atoms with Gasteiger partial charge in [-0.1, -0.05) is 23.7 Å². The molecule has 1 aromatic heterocycles. The van der Waals surface area contributed by atoms with Crippen LogP contribution in [0.15, 0.2) is 42.5 Å². The molecule has 0 spiro atoms. The van der Waals surface area contributed by atoms with Crippen LogP contribution >= 0.6 is 11.6 Å². The van der Waals surface area contributed by atoms with Gasteiger partial charge in [0.25, 0.3) is 0 Å². The van der Waals surface area contributed by atoms with E-state index in [4.69, 9.17) is 16.9 Å². The molecule has 0 radical (unpaired) electrons. The molecule has 0 atom stereocenters. The second-order valence-electron chi connectivity index (χ2n) is 5.57. The Morgan fingerprint density at radius 1 is 1.25 bits per heavy atom. The Labute approximate surface area is 161 Å². The zero-order valence-electron chi connectivity index (χ0n) is 13.9. The highest BCUT2D eigenvalue weighted by Gasteiger charge is 2.30. The number of nitriles is 1. The van der Waals surface area contributed by atoms with Crippen molar-refractivity contribution >= 4 is 23.2 Å². The van der Waals surface area contributed by atoms with E-state index < -0.39 is 17.6 Å². The zero-order valence-corrected chi connectivity index (χ0v) is 14.7. The third kappa shape index (κ3) is 4.44. The van der Waals surface area contributed by atoms with Gasteiger partial charge in [0.1, 0.15) is 12.6 Å². The molecule has 0 aliphatic rings. The van der Waals surface area contributed by atoms with Crippen LogP contribution in [0.4, 0.5) is 18.9 Å². The van der Waals surface area contributed by atoms with Crippen molar-refractivity contribution in [1.29, 1.82) is 5.26 Å². The minimum Gasteiger partial charge on any atom is -0.323 e. The molecular weight excluding hydrogens is 397 g/mol. The Kier molecular flexibility index (Phi) is 5.28. The molecule has 0 saturated heterocycles. The van der Waals surface area contributed by atoms with E-state index in [1.54, 1.807) is 0 Å². The quantitative estimate of drug-likeness (QED) is 0.715. The molecular formula is C17H10ClF3N6O. The predicted octanol–water partition coefficient (Wildman–Crippen LogP) is 3.52. The van der Waals surface area contributed by atoms with E-state index in [0.717, 1.165) is 16.9 Å². The van der Waals surface area contributed by atoms with E-state index >= 15 is 0 Å². The number of aromatic nitrogens is 4. The number of nitrogens with one attached hydrogen (secondary N) is 1.